The Kier molecular flexibility index (Phi) is 4.88. The summed E-state index contributed by atoms with van der Waals surface area (Å²) in [5, 5.41) is 3.51. The molecule has 4 nitrogen and oxygen atoms in total. The number of fused-ring (bicyclic) bond motifs is 1. The number of Topliss-reactive ketones (excluding diaryl/α,β-unsaturated/α-hetero) is 1. The van der Waals surface area contributed by atoms with Crippen molar-refractivity contribution in [2.45, 2.75) is 45.7 Å². The molecule has 0 amide bonds. The summed E-state index contributed by atoms with van der Waals surface area (Å²) >= 11 is 0. The van der Waals surface area contributed by atoms with Gasteiger partial charge in [0.05, 0.1) is 0 Å². The zero-order valence-corrected chi connectivity index (χ0v) is 15.7. The van der Waals surface area contributed by atoms with Crippen LogP contribution in [0.2, 0.25) is 0 Å². The highest BCUT2D eigenvalue weighted by Gasteiger charge is 2.28. The fourth-order valence-corrected chi connectivity index (χ4v) is 4.21. The maximum Gasteiger partial charge on any atom is 0.167 e. The first-order chi connectivity index (χ1) is 12.6. The zero-order valence-electron chi connectivity index (χ0n) is 15.7. The second kappa shape index (κ2) is 7.29. The van der Waals surface area contributed by atoms with Gasteiger partial charge in [-0.25, -0.2) is 0 Å². The van der Waals surface area contributed by atoms with Crippen LogP contribution in [0.4, 0.5) is 0 Å². The maximum absolute atomic E-state index is 12.7. The summed E-state index contributed by atoms with van der Waals surface area (Å²) in [5.41, 5.74) is 6.77. The Morgan fingerprint density at radius 2 is 2.23 bits per heavy atom. The number of hydrogen-bond acceptors (Lipinski definition) is 4. The fourth-order valence-electron chi connectivity index (χ4n) is 4.21. The van der Waals surface area contributed by atoms with E-state index in [1.165, 1.54) is 23.1 Å². The van der Waals surface area contributed by atoms with Crippen LogP contribution >= 0.6 is 0 Å². The molecular formula is C22H27N3O. The highest BCUT2D eigenvalue weighted by Crippen LogP contribution is 2.35. The molecule has 3 aliphatic rings. The molecule has 4 rings (SSSR count). The number of aliphatic imine (C=N–C) groups is 1. The molecule has 0 saturated carbocycles. The van der Waals surface area contributed by atoms with Gasteiger partial charge in [-0.05, 0) is 55.2 Å². The van der Waals surface area contributed by atoms with Gasteiger partial charge in [-0.2, -0.15) is 0 Å². The monoisotopic (exact) mass is 349 g/mol. The van der Waals surface area contributed by atoms with Gasteiger partial charge >= 0.3 is 0 Å². The summed E-state index contributed by atoms with van der Waals surface area (Å²) in [6.45, 7) is 8.44. The van der Waals surface area contributed by atoms with Crippen molar-refractivity contribution in [3.05, 3.63) is 52.7 Å². The average molecular weight is 349 g/mol. The molecule has 1 atom stereocenters. The van der Waals surface area contributed by atoms with Gasteiger partial charge in [0, 0.05) is 56.0 Å². The van der Waals surface area contributed by atoms with Crippen molar-refractivity contribution in [2.75, 3.05) is 19.6 Å². The predicted molar refractivity (Wildman–Crippen MR) is 106 cm³/mol. The van der Waals surface area contributed by atoms with Gasteiger partial charge in [0.2, 0.25) is 0 Å². The van der Waals surface area contributed by atoms with E-state index in [-0.39, 0.29) is 5.78 Å². The molecule has 1 saturated heterocycles. The first-order valence-corrected chi connectivity index (χ1v) is 9.65. The van der Waals surface area contributed by atoms with Crippen LogP contribution in [0, 0.1) is 0 Å². The van der Waals surface area contributed by atoms with Crippen molar-refractivity contribution >= 4 is 17.1 Å². The van der Waals surface area contributed by atoms with E-state index in [4.69, 9.17) is 0 Å². The lowest BCUT2D eigenvalue weighted by Gasteiger charge is -2.27. The Balaban J connectivity index is 1.65. The van der Waals surface area contributed by atoms with Crippen molar-refractivity contribution in [3.8, 4) is 0 Å². The summed E-state index contributed by atoms with van der Waals surface area (Å²) < 4.78 is 0. The maximum atomic E-state index is 12.7. The molecule has 1 aromatic carbocycles. The van der Waals surface area contributed by atoms with Gasteiger partial charge < -0.3 is 5.32 Å². The van der Waals surface area contributed by atoms with Gasteiger partial charge in [-0.3, -0.25) is 14.7 Å². The predicted octanol–water partition coefficient (Wildman–Crippen LogP) is 3.13. The third-order valence-corrected chi connectivity index (χ3v) is 5.63. The minimum Gasteiger partial charge on any atom is -0.315 e. The molecule has 1 aliphatic carbocycles. The minimum absolute atomic E-state index is 0.239. The number of benzene rings is 1. The van der Waals surface area contributed by atoms with Crippen LogP contribution in [-0.2, 0) is 17.8 Å². The number of hydrogen-bond donors (Lipinski definition) is 1. The molecule has 2 aliphatic heterocycles. The van der Waals surface area contributed by atoms with Crippen molar-refractivity contribution in [2.24, 2.45) is 4.99 Å². The molecule has 136 valence electrons. The van der Waals surface area contributed by atoms with Crippen LogP contribution in [0.15, 0.2) is 41.0 Å². The Morgan fingerprint density at radius 1 is 1.35 bits per heavy atom. The summed E-state index contributed by atoms with van der Waals surface area (Å²) in [7, 11) is 0. The van der Waals surface area contributed by atoms with E-state index < -0.39 is 0 Å². The van der Waals surface area contributed by atoms with E-state index in [0.29, 0.717) is 12.5 Å². The van der Waals surface area contributed by atoms with E-state index in [0.717, 1.165) is 49.5 Å². The first-order valence-electron chi connectivity index (χ1n) is 9.65. The van der Waals surface area contributed by atoms with Gasteiger partial charge in [-0.1, -0.05) is 18.2 Å². The van der Waals surface area contributed by atoms with Crippen LogP contribution in [0.1, 0.15) is 43.4 Å². The van der Waals surface area contributed by atoms with Crippen molar-refractivity contribution in [1.29, 1.82) is 0 Å². The smallest absolute Gasteiger partial charge is 0.167 e. The van der Waals surface area contributed by atoms with Crippen LogP contribution in [0.25, 0.3) is 5.57 Å². The zero-order chi connectivity index (χ0) is 18.1. The highest BCUT2D eigenvalue weighted by molar-refractivity contribution is 6.26. The third kappa shape index (κ3) is 3.44. The van der Waals surface area contributed by atoms with Gasteiger partial charge in [0.25, 0.3) is 0 Å². The highest BCUT2D eigenvalue weighted by atomic mass is 16.1. The summed E-state index contributed by atoms with van der Waals surface area (Å²) in [5.74, 6) is 0.239. The molecule has 1 fully saturated rings. The van der Waals surface area contributed by atoms with Crippen molar-refractivity contribution < 1.29 is 4.79 Å². The standard InChI is InChI=1S/C22H27N3O/c1-15-9-17(13-24-15)10-20-21(26)11-18-5-3-6-19(22(18)20)14-25-8-4-7-23-12-16(25)2/h3,5-6,10,13,16,23H,4,7-9,11-12,14H2,1-2H3/b20-10+. The number of carbonyl (C=O) groups is 1. The Morgan fingerprint density at radius 3 is 3.04 bits per heavy atom. The average Bonchev–Trinajstić information content (AvgIpc) is 3.10. The first kappa shape index (κ1) is 17.4. The Labute approximate surface area is 155 Å². The largest absolute Gasteiger partial charge is 0.315 e. The van der Waals surface area contributed by atoms with E-state index in [1.807, 2.05) is 13.1 Å². The van der Waals surface area contributed by atoms with E-state index >= 15 is 0 Å². The second-order valence-corrected chi connectivity index (χ2v) is 7.73. The van der Waals surface area contributed by atoms with E-state index in [1.54, 1.807) is 0 Å². The van der Waals surface area contributed by atoms with Crippen LogP contribution in [0.3, 0.4) is 0 Å². The Hall–Kier alpha value is -2.04. The lowest BCUT2D eigenvalue weighted by Crippen LogP contribution is -2.37. The minimum atomic E-state index is 0.239. The van der Waals surface area contributed by atoms with Crippen molar-refractivity contribution in [3.63, 3.8) is 0 Å². The van der Waals surface area contributed by atoms with Gasteiger partial charge in [0.1, 0.15) is 0 Å². The molecule has 4 heteroatoms. The lowest BCUT2D eigenvalue weighted by atomic mass is 9.97. The molecule has 0 bridgehead atoms. The summed E-state index contributed by atoms with van der Waals surface area (Å²) in [4.78, 5) is 19.6. The normalized spacial score (nSPS) is 25.2. The summed E-state index contributed by atoms with van der Waals surface area (Å²) in [6, 6.07) is 6.91. The molecule has 2 heterocycles. The molecule has 0 radical (unpaired) electrons. The molecular weight excluding hydrogens is 322 g/mol. The molecule has 1 aromatic rings. The molecule has 0 aromatic heterocycles. The number of rotatable bonds is 3. The molecule has 1 unspecified atom stereocenters. The van der Waals surface area contributed by atoms with Gasteiger partial charge in [0.15, 0.2) is 5.78 Å². The molecule has 26 heavy (non-hydrogen) atoms. The topological polar surface area (TPSA) is 44.7 Å². The Bertz CT molecular complexity index is 819. The van der Waals surface area contributed by atoms with Crippen LogP contribution in [-0.4, -0.2) is 42.1 Å². The van der Waals surface area contributed by atoms with Gasteiger partial charge in [-0.15, -0.1) is 0 Å². The number of carbonyl (C=O) groups excluding carboxylic acids is 1. The molecule has 1 N–H and O–H groups in total. The van der Waals surface area contributed by atoms with E-state index in [9.17, 15) is 4.79 Å². The van der Waals surface area contributed by atoms with Crippen LogP contribution < -0.4 is 5.32 Å². The number of allylic oxidation sites excluding steroid dienone is 3. The van der Waals surface area contributed by atoms with Crippen LogP contribution in [0.5, 0.6) is 0 Å². The molecule has 0 spiro atoms. The summed E-state index contributed by atoms with van der Waals surface area (Å²) in [6.07, 6.45) is 6.52. The second-order valence-electron chi connectivity index (χ2n) is 7.73. The number of nitrogens with zero attached hydrogens (tertiary/aromatic N) is 2. The third-order valence-electron chi connectivity index (χ3n) is 5.63. The number of nitrogens with one attached hydrogen (secondary N) is 1. The van der Waals surface area contributed by atoms with Crippen molar-refractivity contribution in [1.82, 2.24) is 10.2 Å². The SMILES string of the molecule is CC1=NC=C(/C=C2\C(=O)Cc3cccc(CN4CCCNCC4C)c32)C1. The number of ketones is 1. The fraction of sp³-hybridized carbons (Fsp3) is 0.455. The quantitative estimate of drug-likeness (QED) is 0.853. The van der Waals surface area contributed by atoms with E-state index in [2.05, 4.69) is 46.4 Å². The lowest BCUT2D eigenvalue weighted by molar-refractivity contribution is -0.112.